The van der Waals surface area contributed by atoms with Gasteiger partial charge in [-0.25, -0.2) is 19.5 Å². The monoisotopic (exact) mass is 331 g/mol. The average molecular weight is 331 g/mol. The molecule has 0 spiro atoms. The fraction of sp³-hybridized carbons (Fsp3) is 0.500. The summed E-state index contributed by atoms with van der Waals surface area (Å²) in [4.78, 5) is 29.4. The second-order valence-electron chi connectivity index (χ2n) is 4.80. The number of fused-ring (bicyclic) bond motifs is 1. The summed E-state index contributed by atoms with van der Waals surface area (Å²) in [5.74, 6) is 0.226. The molecule has 0 bridgehead atoms. The number of aliphatic hydroxyl groups is 1. The lowest BCUT2D eigenvalue weighted by Crippen LogP contribution is -2.25. The van der Waals surface area contributed by atoms with Gasteiger partial charge >= 0.3 is 7.82 Å². The minimum Gasteiger partial charge on any atom is -0.390 e. The number of imidazole rings is 1. The maximum absolute atomic E-state index is 10.7. The molecule has 3 atom stereocenters. The highest BCUT2D eigenvalue weighted by atomic mass is 31.2. The van der Waals surface area contributed by atoms with Crippen LogP contribution >= 0.6 is 7.82 Å². The number of hydrogen-bond acceptors (Lipinski definition) is 8. The van der Waals surface area contributed by atoms with Crippen LogP contribution in [0.15, 0.2) is 12.7 Å². The van der Waals surface area contributed by atoms with Gasteiger partial charge in [-0.3, -0.25) is 9.09 Å². The van der Waals surface area contributed by atoms with E-state index in [2.05, 4.69) is 19.5 Å². The number of phosphoric ester groups is 1. The molecular weight excluding hydrogens is 317 g/mol. The van der Waals surface area contributed by atoms with Gasteiger partial charge in [0, 0.05) is 6.42 Å². The Bertz CT molecular complexity index is 732. The number of aromatic nitrogens is 4. The Morgan fingerprint density at radius 1 is 1.45 bits per heavy atom. The lowest BCUT2D eigenvalue weighted by atomic mass is 10.2. The molecule has 2 aromatic heterocycles. The number of hydrogen-bond donors (Lipinski definition) is 4. The quantitative estimate of drug-likeness (QED) is 0.519. The standard InChI is InChI=1S/C10H14N5O6P/c11-9-8-10(13-3-12-9)15(4-14-8)7-1-5(16)6(21-7)2-20-22(17,18)19/h3-7,16H,1-2H2,(H2,11,12,13)(H2,17,18,19)/t5-,6-,7+/m1/s1. The summed E-state index contributed by atoms with van der Waals surface area (Å²) in [5.41, 5.74) is 6.55. The number of nitrogens with zero attached hydrogens (tertiary/aromatic N) is 4. The van der Waals surface area contributed by atoms with Crippen molar-refractivity contribution in [3.63, 3.8) is 0 Å². The van der Waals surface area contributed by atoms with Crippen LogP contribution in [0.2, 0.25) is 0 Å². The first kappa shape index (κ1) is 15.3. The number of ether oxygens (including phenoxy) is 1. The van der Waals surface area contributed by atoms with Crippen LogP contribution in [0.5, 0.6) is 0 Å². The highest BCUT2D eigenvalue weighted by Gasteiger charge is 2.37. The first-order valence-electron chi connectivity index (χ1n) is 6.32. The van der Waals surface area contributed by atoms with Crippen molar-refractivity contribution in [3.05, 3.63) is 12.7 Å². The van der Waals surface area contributed by atoms with Crippen LogP contribution in [0.4, 0.5) is 5.82 Å². The van der Waals surface area contributed by atoms with E-state index in [1.54, 1.807) is 4.57 Å². The second kappa shape index (κ2) is 5.54. The summed E-state index contributed by atoms with van der Waals surface area (Å²) in [6.07, 6.45) is 0.543. The van der Waals surface area contributed by atoms with Gasteiger partial charge in [0.25, 0.3) is 0 Å². The summed E-state index contributed by atoms with van der Waals surface area (Å²) < 4.78 is 22.2. The third kappa shape index (κ3) is 2.95. The van der Waals surface area contributed by atoms with Gasteiger partial charge < -0.3 is 25.4 Å². The van der Waals surface area contributed by atoms with Gasteiger partial charge in [-0.2, -0.15) is 0 Å². The molecule has 0 aliphatic carbocycles. The van der Waals surface area contributed by atoms with Crippen molar-refractivity contribution >= 4 is 24.8 Å². The van der Waals surface area contributed by atoms with E-state index in [9.17, 15) is 9.67 Å². The first-order valence-corrected chi connectivity index (χ1v) is 7.85. The summed E-state index contributed by atoms with van der Waals surface area (Å²) in [7, 11) is -4.62. The molecule has 1 aliphatic rings. The van der Waals surface area contributed by atoms with E-state index in [-0.39, 0.29) is 12.2 Å². The van der Waals surface area contributed by atoms with Crippen LogP contribution in [-0.2, 0) is 13.8 Å². The molecule has 11 nitrogen and oxygen atoms in total. The topological polar surface area (TPSA) is 166 Å². The van der Waals surface area contributed by atoms with Gasteiger partial charge in [0.1, 0.15) is 24.2 Å². The highest BCUT2D eigenvalue weighted by Crippen LogP contribution is 2.38. The summed E-state index contributed by atoms with van der Waals surface area (Å²) in [6, 6.07) is 0. The number of aliphatic hydroxyl groups excluding tert-OH is 1. The molecule has 0 saturated carbocycles. The molecule has 1 saturated heterocycles. The number of anilines is 1. The van der Waals surface area contributed by atoms with Crippen molar-refractivity contribution < 1.29 is 28.7 Å². The van der Waals surface area contributed by atoms with Crippen LogP contribution in [0, 0.1) is 0 Å². The van der Waals surface area contributed by atoms with Gasteiger partial charge in [0.15, 0.2) is 11.5 Å². The molecule has 1 fully saturated rings. The molecule has 120 valence electrons. The van der Waals surface area contributed by atoms with E-state index in [4.69, 9.17) is 20.3 Å². The lowest BCUT2D eigenvalue weighted by Gasteiger charge is -2.16. The minimum absolute atomic E-state index is 0.199. The van der Waals surface area contributed by atoms with Gasteiger partial charge in [-0.05, 0) is 0 Å². The van der Waals surface area contributed by atoms with Gasteiger partial charge in [0.05, 0.1) is 19.0 Å². The predicted octanol–water partition coefficient (Wildman–Crippen LogP) is -0.834. The van der Waals surface area contributed by atoms with E-state index in [1.807, 2.05) is 0 Å². The second-order valence-corrected chi connectivity index (χ2v) is 6.04. The number of rotatable bonds is 4. The molecule has 0 unspecified atom stereocenters. The van der Waals surface area contributed by atoms with Crippen molar-refractivity contribution in [1.82, 2.24) is 19.5 Å². The van der Waals surface area contributed by atoms with Crippen LogP contribution in [0.25, 0.3) is 11.2 Å². The molecule has 0 amide bonds. The first-order chi connectivity index (χ1) is 10.3. The normalized spacial score (nSPS) is 25.9. The average Bonchev–Trinajstić information content (AvgIpc) is 3.00. The molecule has 12 heteroatoms. The summed E-state index contributed by atoms with van der Waals surface area (Å²) in [5, 5.41) is 9.93. The molecule has 3 heterocycles. The van der Waals surface area contributed by atoms with Crippen molar-refractivity contribution in [2.45, 2.75) is 24.9 Å². The zero-order chi connectivity index (χ0) is 15.9. The Morgan fingerprint density at radius 3 is 2.95 bits per heavy atom. The Kier molecular flexibility index (Phi) is 3.85. The largest absolute Gasteiger partial charge is 0.469 e. The van der Waals surface area contributed by atoms with Gasteiger partial charge in [-0.1, -0.05) is 0 Å². The molecule has 2 aromatic rings. The van der Waals surface area contributed by atoms with E-state index in [1.165, 1.54) is 12.7 Å². The fourth-order valence-corrected chi connectivity index (χ4v) is 2.63. The predicted molar refractivity (Wildman–Crippen MR) is 72.3 cm³/mol. The maximum atomic E-state index is 10.7. The Balaban J connectivity index is 1.78. The van der Waals surface area contributed by atoms with Gasteiger partial charge in [0.2, 0.25) is 0 Å². The Hall–Kier alpha value is -1.62. The van der Waals surface area contributed by atoms with E-state index < -0.39 is 32.9 Å². The van der Waals surface area contributed by atoms with Crippen molar-refractivity contribution in [2.75, 3.05) is 12.3 Å². The zero-order valence-corrected chi connectivity index (χ0v) is 12.1. The lowest BCUT2D eigenvalue weighted by molar-refractivity contribution is -0.0424. The van der Waals surface area contributed by atoms with Crippen LogP contribution in [0.1, 0.15) is 12.6 Å². The molecule has 22 heavy (non-hydrogen) atoms. The Morgan fingerprint density at radius 2 is 2.23 bits per heavy atom. The van der Waals surface area contributed by atoms with E-state index in [0.29, 0.717) is 11.2 Å². The summed E-state index contributed by atoms with van der Waals surface area (Å²) >= 11 is 0. The van der Waals surface area contributed by atoms with Crippen LogP contribution < -0.4 is 5.73 Å². The third-order valence-corrected chi connectivity index (χ3v) is 3.79. The molecule has 0 radical (unpaired) electrons. The fourth-order valence-electron chi connectivity index (χ4n) is 2.29. The molecule has 5 N–H and O–H groups in total. The molecule has 0 aromatic carbocycles. The third-order valence-electron chi connectivity index (χ3n) is 3.31. The van der Waals surface area contributed by atoms with E-state index >= 15 is 0 Å². The highest BCUT2D eigenvalue weighted by molar-refractivity contribution is 7.46. The molecule has 1 aliphatic heterocycles. The Labute approximate surface area is 124 Å². The molecular formula is C10H14N5O6P. The maximum Gasteiger partial charge on any atom is 0.469 e. The van der Waals surface area contributed by atoms with Crippen molar-refractivity contribution in [1.29, 1.82) is 0 Å². The van der Waals surface area contributed by atoms with Crippen LogP contribution in [0.3, 0.4) is 0 Å². The van der Waals surface area contributed by atoms with Crippen molar-refractivity contribution in [2.24, 2.45) is 0 Å². The number of nitrogens with two attached hydrogens (primary N) is 1. The summed E-state index contributed by atoms with van der Waals surface area (Å²) in [6.45, 7) is -0.425. The SMILES string of the molecule is Nc1ncnc2c1ncn2[C@@H]1C[C@@H](O)[C@@H](COP(=O)(O)O)O1. The van der Waals surface area contributed by atoms with Crippen molar-refractivity contribution in [3.8, 4) is 0 Å². The van der Waals surface area contributed by atoms with Gasteiger partial charge in [-0.15, -0.1) is 0 Å². The zero-order valence-electron chi connectivity index (χ0n) is 11.2. The number of nitrogen functional groups attached to an aromatic ring is 1. The van der Waals surface area contributed by atoms with Crippen LogP contribution in [-0.4, -0.2) is 53.2 Å². The minimum atomic E-state index is -4.62. The molecule has 3 rings (SSSR count). The van der Waals surface area contributed by atoms with E-state index in [0.717, 1.165) is 0 Å². The number of phosphoric acid groups is 1. The smallest absolute Gasteiger partial charge is 0.390 e.